The zero-order valence-electron chi connectivity index (χ0n) is 10.7. The van der Waals surface area contributed by atoms with Crippen LogP contribution in [0.3, 0.4) is 0 Å². The van der Waals surface area contributed by atoms with Crippen LogP contribution in [0.15, 0.2) is 61.2 Å². The highest BCUT2D eigenvalue weighted by atomic mass is 19.4. The summed E-state index contributed by atoms with van der Waals surface area (Å²) < 4.78 is 39.4. The molecular formula is C15H10F3N3. The van der Waals surface area contributed by atoms with Crippen LogP contribution in [0.25, 0.3) is 16.8 Å². The van der Waals surface area contributed by atoms with E-state index in [4.69, 9.17) is 0 Å². The third-order valence-electron chi connectivity index (χ3n) is 3.07. The minimum absolute atomic E-state index is 0.666. The van der Waals surface area contributed by atoms with Gasteiger partial charge in [-0.15, -0.1) is 0 Å². The van der Waals surface area contributed by atoms with E-state index in [-0.39, 0.29) is 0 Å². The number of halogens is 3. The van der Waals surface area contributed by atoms with Crippen molar-refractivity contribution < 1.29 is 13.2 Å². The molecule has 1 aromatic carbocycles. The Kier molecular flexibility index (Phi) is 3.21. The van der Waals surface area contributed by atoms with Crippen LogP contribution < -0.4 is 0 Å². The first-order valence-corrected chi connectivity index (χ1v) is 6.17. The summed E-state index contributed by atoms with van der Waals surface area (Å²) in [6.07, 6.45) is 2.27. The summed E-state index contributed by atoms with van der Waals surface area (Å²) in [4.78, 5) is 4.04. The lowest BCUT2D eigenvalue weighted by molar-refractivity contribution is -0.137. The van der Waals surface area contributed by atoms with Gasteiger partial charge in [0.2, 0.25) is 0 Å². The van der Waals surface area contributed by atoms with Crippen LogP contribution in [0.1, 0.15) is 5.56 Å². The summed E-state index contributed by atoms with van der Waals surface area (Å²) in [5.74, 6) is 0. The summed E-state index contributed by atoms with van der Waals surface area (Å²) >= 11 is 0. The van der Waals surface area contributed by atoms with Gasteiger partial charge in [0.1, 0.15) is 0 Å². The lowest BCUT2D eigenvalue weighted by atomic mass is 10.0. The number of rotatable bonds is 2. The molecule has 2 aromatic heterocycles. The topological polar surface area (TPSA) is 30.7 Å². The fourth-order valence-corrected chi connectivity index (χ4v) is 2.06. The van der Waals surface area contributed by atoms with Crippen LogP contribution in [0.4, 0.5) is 13.2 Å². The maximum atomic E-state index is 12.6. The molecule has 3 aromatic rings. The predicted molar refractivity (Wildman–Crippen MR) is 71.8 cm³/mol. The molecule has 0 radical (unpaired) electrons. The maximum Gasteiger partial charge on any atom is 0.416 e. The van der Waals surface area contributed by atoms with Gasteiger partial charge in [-0.1, -0.05) is 12.1 Å². The van der Waals surface area contributed by atoms with E-state index < -0.39 is 11.7 Å². The van der Waals surface area contributed by atoms with Gasteiger partial charge in [-0.3, -0.25) is 4.98 Å². The first-order chi connectivity index (χ1) is 10.1. The largest absolute Gasteiger partial charge is 0.416 e. The van der Waals surface area contributed by atoms with E-state index in [1.807, 2.05) is 0 Å². The third-order valence-corrected chi connectivity index (χ3v) is 3.07. The lowest BCUT2D eigenvalue weighted by Crippen LogP contribution is -2.04. The van der Waals surface area contributed by atoms with E-state index in [9.17, 15) is 13.2 Å². The van der Waals surface area contributed by atoms with Gasteiger partial charge < -0.3 is 0 Å². The first kappa shape index (κ1) is 13.4. The molecule has 6 heteroatoms. The van der Waals surface area contributed by atoms with Crippen molar-refractivity contribution in [2.75, 3.05) is 0 Å². The Morgan fingerprint density at radius 3 is 2.33 bits per heavy atom. The Labute approximate surface area is 118 Å². The Balaban J connectivity index is 2.06. The summed E-state index contributed by atoms with van der Waals surface area (Å²) in [6, 6.07) is 8.56. The van der Waals surface area contributed by atoms with Gasteiger partial charge in [0.05, 0.1) is 17.4 Å². The normalized spacial score (nSPS) is 11.6. The number of hydrogen-bond acceptors (Lipinski definition) is 2. The van der Waals surface area contributed by atoms with Crippen LogP contribution in [0.2, 0.25) is 0 Å². The van der Waals surface area contributed by atoms with Crippen molar-refractivity contribution >= 4 is 0 Å². The zero-order chi connectivity index (χ0) is 14.9. The summed E-state index contributed by atoms with van der Waals surface area (Å²) in [7, 11) is 0. The Morgan fingerprint density at radius 2 is 1.71 bits per heavy atom. The van der Waals surface area contributed by atoms with Gasteiger partial charge in [0.25, 0.3) is 0 Å². The van der Waals surface area contributed by atoms with E-state index in [1.54, 1.807) is 41.6 Å². The van der Waals surface area contributed by atoms with E-state index in [1.165, 1.54) is 12.1 Å². The highest BCUT2D eigenvalue weighted by Gasteiger charge is 2.30. The summed E-state index contributed by atoms with van der Waals surface area (Å²) in [5, 5.41) is 4.13. The highest BCUT2D eigenvalue weighted by molar-refractivity contribution is 5.72. The SMILES string of the molecule is FC(F)(F)c1ccc(-c2ccncc2-n2cccn2)cc1. The number of pyridine rings is 1. The Morgan fingerprint density at radius 1 is 0.952 bits per heavy atom. The molecule has 0 saturated carbocycles. The molecular weight excluding hydrogens is 279 g/mol. The predicted octanol–water partition coefficient (Wildman–Crippen LogP) is 3.95. The lowest BCUT2D eigenvalue weighted by Gasteiger charge is -2.11. The molecule has 0 amide bonds. The second-order valence-corrected chi connectivity index (χ2v) is 4.42. The highest BCUT2D eigenvalue weighted by Crippen LogP contribution is 2.32. The number of nitrogens with zero attached hydrogens (tertiary/aromatic N) is 3. The number of hydrogen-bond donors (Lipinski definition) is 0. The van der Waals surface area contributed by atoms with Gasteiger partial charge in [0, 0.05) is 24.2 Å². The number of alkyl halides is 3. The van der Waals surface area contributed by atoms with Crippen molar-refractivity contribution in [1.29, 1.82) is 0 Å². The van der Waals surface area contributed by atoms with E-state index in [2.05, 4.69) is 10.1 Å². The van der Waals surface area contributed by atoms with Gasteiger partial charge >= 0.3 is 6.18 Å². The molecule has 3 rings (SSSR count). The molecule has 0 aliphatic heterocycles. The monoisotopic (exact) mass is 289 g/mol. The van der Waals surface area contributed by atoms with Crippen molar-refractivity contribution in [1.82, 2.24) is 14.8 Å². The minimum atomic E-state index is -4.33. The van der Waals surface area contributed by atoms with E-state index >= 15 is 0 Å². The smallest absolute Gasteiger partial charge is 0.262 e. The van der Waals surface area contributed by atoms with Crippen LogP contribution in [0.5, 0.6) is 0 Å². The quantitative estimate of drug-likeness (QED) is 0.715. The van der Waals surface area contributed by atoms with Gasteiger partial charge in [-0.25, -0.2) is 4.68 Å². The van der Waals surface area contributed by atoms with Crippen molar-refractivity contribution in [3.63, 3.8) is 0 Å². The molecule has 0 aliphatic carbocycles. The fraction of sp³-hybridized carbons (Fsp3) is 0.0667. The average molecular weight is 289 g/mol. The second kappa shape index (κ2) is 5.05. The van der Waals surface area contributed by atoms with Gasteiger partial charge in [-0.2, -0.15) is 18.3 Å². The molecule has 3 nitrogen and oxygen atoms in total. The van der Waals surface area contributed by atoms with Crippen molar-refractivity contribution in [3.8, 4) is 16.8 Å². The Bertz CT molecular complexity index is 732. The van der Waals surface area contributed by atoms with Crippen LogP contribution in [0, 0.1) is 0 Å². The minimum Gasteiger partial charge on any atom is -0.262 e. The summed E-state index contributed by atoms with van der Waals surface area (Å²) in [5.41, 5.74) is 1.49. The fourth-order valence-electron chi connectivity index (χ4n) is 2.06. The Hall–Kier alpha value is -2.63. The average Bonchev–Trinajstić information content (AvgIpc) is 3.01. The molecule has 0 aliphatic rings. The molecule has 0 N–H and O–H groups in total. The van der Waals surface area contributed by atoms with Crippen LogP contribution in [-0.2, 0) is 6.18 Å². The van der Waals surface area contributed by atoms with Crippen LogP contribution in [-0.4, -0.2) is 14.8 Å². The van der Waals surface area contributed by atoms with Crippen molar-refractivity contribution in [2.45, 2.75) is 6.18 Å². The van der Waals surface area contributed by atoms with Crippen molar-refractivity contribution in [3.05, 3.63) is 66.7 Å². The molecule has 106 valence electrons. The van der Waals surface area contributed by atoms with E-state index in [0.717, 1.165) is 17.7 Å². The molecule has 2 heterocycles. The zero-order valence-corrected chi connectivity index (χ0v) is 10.7. The molecule has 0 fully saturated rings. The van der Waals surface area contributed by atoms with Gasteiger partial charge in [-0.05, 0) is 29.8 Å². The first-order valence-electron chi connectivity index (χ1n) is 6.17. The van der Waals surface area contributed by atoms with Gasteiger partial charge in [0.15, 0.2) is 0 Å². The van der Waals surface area contributed by atoms with Crippen LogP contribution >= 0.6 is 0 Å². The number of benzene rings is 1. The molecule has 0 bridgehead atoms. The second-order valence-electron chi connectivity index (χ2n) is 4.42. The molecule has 0 unspecified atom stereocenters. The standard InChI is InChI=1S/C15H10F3N3/c16-15(17,18)12-4-2-11(3-5-12)13-6-8-19-10-14(13)21-9-1-7-20-21/h1-10H. The maximum absolute atomic E-state index is 12.6. The van der Waals surface area contributed by atoms with Crippen molar-refractivity contribution in [2.24, 2.45) is 0 Å². The summed E-state index contributed by atoms with van der Waals surface area (Å²) in [6.45, 7) is 0. The molecule has 21 heavy (non-hydrogen) atoms. The van der Waals surface area contributed by atoms with E-state index in [0.29, 0.717) is 11.3 Å². The third kappa shape index (κ3) is 2.65. The number of aromatic nitrogens is 3. The molecule has 0 saturated heterocycles. The molecule has 0 spiro atoms. The molecule has 0 atom stereocenters.